The zero-order valence-corrected chi connectivity index (χ0v) is 9.15. The van der Waals surface area contributed by atoms with E-state index in [9.17, 15) is 0 Å². The second-order valence-corrected chi connectivity index (χ2v) is 3.57. The minimum atomic E-state index is 0.476. The topological polar surface area (TPSA) is 90.1 Å². The van der Waals surface area contributed by atoms with Crippen LogP contribution in [0.25, 0.3) is 11.6 Å². The van der Waals surface area contributed by atoms with Crippen molar-refractivity contribution in [2.24, 2.45) is 7.05 Å². The molecule has 0 spiro atoms. The van der Waals surface area contributed by atoms with Gasteiger partial charge >= 0.3 is 0 Å². The molecule has 3 heterocycles. The molecule has 0 aliphatic carbocycles. The molecule has 0 saturated carbocycles. The average Bonchev–Trinajstić information content (AvgIpc) is 3.02. The van der Waals surface area contributed by atoms with Crippen LogP contribution in [-0.4, -0.2) is 39.7 Å². The van der Waals surface area contributed by atoms with E-state index in [0.29, 0.717) is 18.2 Å². The van der Waals surface area contributed by atoms with E-state index in [0.717, 1.165) is 5.82 Å². The molecule has 0 unspecified atom stereocenters. The van der Waals surface area contributed by atoms with Crippen LogP contribution in [0.4, 0.5) is 0 Å². The van der Waals surface area contributed by atoms with Crippen LogP contribution < -0.4 is 0 Å². The van der Waals surface area contributed by atoms with Crippen molar-refractivity contribution in [1.82, 2.24) is 39.7 Å². The van der Waals surface area contributed by atoms with E-state index in [1.807, 2.05) is 28.6 Å². The van der Waals surface area contributed by atoms with Crippen LogP contribution in [0.2, 0.25) is 0 Å². The molecule has 0 fully saturated rings. The third-order valence-electron chi connectivity index (χ3n) is 2.49. The SMILES string of the molecule is Cn1ccnc1Cn1ccnc1-c1nn[nH]n1. The number of nitrogens with zero attached hydrogens (tertiary/aromatic N) is 7. The van der Waals surface area contributed by atoms with Gasteiger partial charge in [-0.05, 0) is 5.21 Å². The molecule has 0 bridgehead atoms. The summed E-state index contributed by atoms with van der Waals surface area (Å²) in [5, 5.41) is 13.8. The van der Waals surface area contributed by atoms with Crippen molar-refractivity contribution in [3.63, 3.8) is 0 Å². The summed E-state index contributed by atoms with van der Waals surface area (Å²) in [6.45, 7) is 0.618. The number of aromatic nitrogens is 8. The van der Waals surface area contributed by atoms with Gasteiger partial charge in [0.15, 0.2) is 5.82 Å². The fraction of sp³-hybridized carbons (Fsp3) is 0.222. The van der Waals surface area contributed by atoms with Gasteiger partial charge in [0.2, 0.25) is 5.82 Å². The first-order chi connectivity index (χ1) is 8.34. The Morgan fingerprint density at radius 2 is 2.12 bits per heavy atom. The maximum atomic E-state index is 4.26. The Bertz CT molecular complexity index is 605. The summed E-state index contributed by atoms with van der Waals surface area (Å²) in [6, 6.07) is 0. The molecule has 0 aliphatic rings. The second-order valence-electron chi connectivity index (χ2n) is 3.57. The van der Waals surface area contributed by atoms with Crippen LogP contribution in [-0.2, 0) is 13.6 Å². The average molecular weight is 230 g/mol. The molecule has 0 amide bonds. The molecule has 0 atom stereocenters. The summed E-state index contributed by atoms with van der Waals surface area (Å²) >= 11 is 0. The van der Waals surface area contributed by atoms with Crippen LogP contribution in [0.1, 0.15) is 5.82 Å². The molecule has 8 heteroatoms. The molecule has 0 saturated heterocycles. The Morgan fingerprint density at radius 3 is 2.82 bits per heavy atom. The van der Waals surface area contributed by atoms with Crippen molar-refractivity contribution in [2.45, 2.75) is 6.54 Å². The minimum absolute atomic E-state index is 0.476. The van der Waals surface area contributed by atoms with Gasteiger partial charge in [-0.3, -0.25) is 0 Å². The quantitative estimate of drug-likeness (QED) is 0.675. The first-order valence-electron chi connectivity index (χ1n) is 5.06. The highest BCUT2D eigenvalue weighted by atomic mass is 15.5. The normalized spacial score (nSPS) is 10.9. The standard InChI is InChI=1S/C9H10N8/c1-16-4-2-10-7(16)6-17-5-3-11-9(17)8-12-14-15-13-8/h2-5H,6H2,1H3,(H,12,13,14,15). The molecule has 0 aliphatic heterocycles. The Morgan fingerprint density at radius 1 is 1.24 bits per heavy atom. The Labute approximate surface area is 96.3 Å². The Balaban J connectivity index is 1.95. The molecule has 1 N–H and O–H groups in total. The van der Waals surface area contributed by atoms with Crippen LogP contribution in [0.5, 0.6) is 0 Å². The number of aromatic amines is 1. The highest BCUT2D eigenvalue weighted by Crippen LogP contribution is 2.11. The number of tetrazole rings is 1. The number of imidazole rings is 2. The molecule has 17 heavy (non-hydrogen) atoms. The summed E-state index contributed by atoms with van der Waals surface area (Å²) in [4.78, 5) is 8.47. The van der Waals surface area contributed by atoms with Gasteiger partial charge in [-0.15, -0.1) is 10.2 Å². The number of hydrogen-bond acceptors (Lipinski definition) is 5. The highest BCUT2D eigenvalue weighted by molar-refractivity contribution is 5.41. The number of H-pyrrole nitrogens is 1. The van der Waals surface area contributed by atoms with Gasteiger partial charge in [0.05, 0.1) is 6.54 Å². The van der Waals surface area contributed by atoms with Crippen LogP contribution in [0, 0.1) is 0 Å². The summed E-state index contributed by atoms with van der Waals surface area (Å²) in [5.74, 6) is 2.08. The molecule has 3 rings (SSSR count). The second kappa shape index (κ2) is 3.81. The lowest BCUT2D eigenvalue weighted by Crippen LogP contribution is -2.07. The van der Waals surface area contributed by atoms with E-state index >= 15 is 0 Å². The third kappa shape index (κ3) is 1.69. The molecule has 3 aromatic rings. The van der Waals surface area contributed by atoms with Gasteiger partial charge in [0, 0.05) is 31.8 Å². The van der Waals surface area contributed by atoms with Gasteiger partial charge < -0.3 is 9.13 Å². The lowest BCUT2D eigenvalue weighted by Gasteiger charge is -2.05. The minimum Gasteiger partial charge on any atom is -0.337 e. The van der Waals surface area contributed by atoms with E-state index in [2.05, 4.69) is 30.6 Å². The Kier molecular flexibility index (Phi) is 2.18. The lowest BCUT2D eigenvalue weighted by atomic mass is 10.5. The van der Waals surface area contributed by atoms with Gasteiger partial charge in [-0.2, -0.15) is 5.21 Å². The van der Waals surface area contributed by atoms with Crippen molar-refractivity contribution in [3.8, 4) is 11.6 Å². The maximum absolute atomic E-state index is 4.26. The number of rotatable bonds is 3. The smallest absolute Gasteiger partial charge is 0.240 e. The maximum Gasteiger partial charge on any atom is 0.240 e. The molecular formula is C9H10N8. The van der Waals surface area contributed by atoms with Crippen molar-refractivity contribution < 1.29 is 0 Å². The van der Waals surface area contributed by atoms with E-state index in [1.54, 1.807) is 12.4 Å². The number of aryl methyl sites for hydroxylation is 1. The van der Waals surface area contributed by atoms with Gasteiger partial charge in [-0.25, -0.2) is 9.97 Å². The zero-order valence-electron chi connectivity index (χ0n) is 9.15. The van der Waals surface area contributed by atoms with Gasteiger partial charge in [0.25, 0.3) is 0 Å². The monoisotopic (exact) mass is 230 g/mol. The number of hydrogen-bond donors (Lipinski definition) is 1. The predicted octanol–water partition coefficient (Wildman–Crippen LogP) is -0.155. The predicted molar refractivity (Wildman–Crippen MR) is 57.7 cm³/mol. The van der Waals surface area contributed by atoms with Crippen molar-refractivity contribution in [1.29, 1.82) is 0 Å². The molecule has 86 valence electrons. The molecular weight excluding hydrogens is 220 g/mol. The highest BCUT2D eigenvalue weighted by Gasteiger charge is 2.11. The summed E-state index contributed by atoms with van der Waals surface area (Å²) in [6.07, 6.45) is 7.23. The zero-order chi connectivity index (χ0) is 11.7. The van der Waals surface area contributed by atoms with E-state index in [-0.39, 0.29) is 0 Å². The summed E-state index contributed by atoms with van der Waals surface area (Å²) < 4.78 is 3.88. The van der Waals surface area contributed by atoms with Crippen molar-refractivity contribution in [2.75, 3.05) is 0 Å². The first kappa shape index (κ1) is 9.70. The lowest BCUT2D eigenvalue weighted by molar-refractivity contribution is 0.701. The molecule has 8 nitrogen and oxygen atoms in total. The van der Waals surface area contributed by atoms with Gasteiger partial charge in [0.1, 0.15) is 5.82 Å². The Hall–Kier alpha value is -2.51. The first-order valence-corrected chi connectivity index (χ1v) is 5.06. The summed E-state index contributed by atoms with van der Waals surface area (Å²) in [5.41, 5.74) is 0. The van der Waals surface area contributed by atoms with Crippen molar-refractivity contribution >= 4 is 0 Å². The van der Waals surface area contributed by atoms with E-state index in [4.69, 9.17) is 0 Å². The fourth-order valence-electron chi connectivity index (χ4n) is 1.60. The van der Waals surface area contributed by atoms with E-state index in [1.165, 1.54) is 0 Å². The summed E-state index contributed by atoms with van der Waals surface area (Å²) in [7, 11) is 1.95. The van der Waals surface area contributed by atoms with Crippen LogP contribution in [0.15, 0.2) is 24.8 Å². The third-order valence-corrected chi connectivity index (χ3v) is 2.49. The molecule has 3 aromatic heterocycles. The molecule has 0 aromatic carbocycles. The van der Waals surface area contributed by atoms with Crippen molar-refractivity contribution in [3.05, 3.63) is 30.6 Å². The number of nitrogens with one attached hydrogen (secondary N) is 1. The van der Waals surface area contributed by atoms with Crippen LogP contribution in [0.3, 0.4) is 0 Å². The van der Waals surface area contributed by atoms with Gasteiger partial charge in [-0.1, -0.05) is 0 Å². The fourth-order valence-corrected chi connectivity index (χ4v) is 1.60. The van der Waals surface area contributed by atoms with E-state index < -0.39 is 0 Å². The largest absolute Gasteiger partial charge is 0.337 e. The van der Waals surface area contributed by atoms with Crippen LogP contribution >= 0.6 is 0 Å². The molecule has 0 radical (unpaired) electrons.